The van der Waals surface area contributed by atoms with Gasteiger partial charge in [0.25, 0.3) is 0 Å². The molecule has 0 aliphatic heterocycles. The first-order valence-electron chi connectivity index (χ1n) is 7.73. The zero-order chi connectivity index (χ0) is 14.3. The Morgan fingerprint density at radius 2 is 1.80 bits per heavy atom. The minimum atomic E-state index is 0.157. The number of methoxy groups -OCH3 is 1. The van der Waals surface area contributed by atoms with Gasteiger partial charge in [0.2, 0.25) is 0 Å². The van der Waals surface area contributed by atoms with Crippen molar-refractivity contribution in [3.8, 4) is 5.75 Å². The highest BCUT2D eigenvalue weighted by atomic mass is 79.9. The first-order valence-corrected chi connectivity index (χ1v) is 8.52. The molecule has 0 bridgehead atoms. The number of ether oxygens (including phenoxy) is 1. The normalized spacial score (nSPS) is 20.2. The Hall–Kier alpha value is -0.540. The summed E-state index contributed by atoms with van der Waals surface area (Å²) in [5.74, 6) is 1.05. The second-order valence-electron chi connectivity index (χ2n) is 6.35. The molecule has 0 atom stereocenters. The van der Waals surface area contributed by atoms with Gasteiger partial charge in [0.1, 0.15) is 5.75 Å². The molecule has 1 saturated carbocycles. The first kappa shape index (κ1) is 14.4. The smallest absolute Gasteiger partial charge is 0.137 e. The lowest BCUT2D eigenvalue weighted by Gasteiger charge is -2.44. The summed E-state index contributed by atoms with van der Waals surface area (Å²) in [6, 6.07) is 0. The molecule has 0 aromatic heterocycles. The summed E-state index contributed by atoms with van der Waals surface area (Å²) in [5.41, 5.74) is 12.2. The second-order valence-corrected chi connectivity index (χ2v) is 7.14. The predicted molar refractivity (Wildman–Crippen MR) is 86.7 cm³/mol. The van der Waals surface area contributed by atoms with Crippen LogP contribution in [0, 0.1) is 6.92 Å². The molecule has 3 rings (SSSR count). The standard InChI is InChI=1S/C17H24BrNO/c1-11-12-6-3-4-7-13(12)15(18)16(20-2)14(11)17(10-19)8-5-9-17/h3-10,19H2,1-2H3. The molecule has 2 aliphatic rings. The molecule has 1 aromatic carbocycles. The molecule has 0 amide bonds. The lowest BCUT2D eigenvalue weighted by atomic mass is 9.62. The number of rotatable bonds is 3. The maximum atomic E-state index is 6.15. The van der Waals surface area contributed by atoms with E-state index in [-0.39, 0.29) is 5.41 Å². The molecule has 0 radical (unpaired) electrons. The molecule has 0 saturated heterocycles. The molecular weight excluding hydrogens is 314 g/mol. The predicted octanol–water partition coefficient (Wildman–Crippen LogP) is 4.03. The van der Waals surface area contributed by atoms with E-state index in [2.05, 4.69) is 22.9 Å². The van der Waals surface area contributed by atoms with E-state index in [1.54, 1.807) is 12.7 Å². The third-order valence-corrected chi connectivity index (χ3v) is 6.26. The van der Waals surface area contributed by atoms with Crippen molar-refractivity contribution < 1.29 is 4.74 Å². The lowest BCUT2D eigenvalue weighted by Crippen LogP contribution is -2.42. The summed E-state index contributed by atoms with van der Waals surface area (Å²) in [6.07, 6.45) is 8.66. The van der Waals surface area contributed by atoms with Crippen LogP contribution in [0.2, 0.25) is 0 Å². The van der Waals surface area contributed by atoms with Crippen LogP contribution in [0.15, 0.2) is 4.47 Å². The highest BCUT2D eigenvalue weighted by Gasteiger charge is 2.42. The van der Waals surface area contributed by atoms with Gasteiger partial charge in [-0.25, -0.2) is 0 Å². The maximum absolute atomic E-state index is 6.15. The van der Waals surface area contributed by atoms with Crippen molar-refractivity contribution in [1.82, 2.24) is 0 Å². The minimum Gasteiger partial charge on any atom is -0.495 e. The van der Waals surface area contributed by atoms with Crippen LogP contribution in [-0.2, 0) is 18.3 Å². The molecule has 20 heavy (non-hydrogen) atoms. The molecule has 0 heterocycles. The SMILES string of the molecule is COc1c(Br)c2c(c(C)c1C1(CN)CCC1)CCCC2. The van der Waals surface area contributed by atoms with Gasteiger partial charge in [-0.1, -0.05) is 6.42 Å². The van der Waals surface area contributed by atoms with Gasteiger partial charge in [-0.2, -0.15) is 0 Å². The zero-order valence-electron chi connectivity index (χ0n) is 12.5. The summed E-state index contributed by atoms with van der Waals surface area (Å²) < 4.78 is 6.99. The van der Waals surface area contributed by atoms with Crippen molar-refractivity contribution >= 4 is 15.9 Å². The van der Waals surface area contributed by atoms with Crippen LogP contribution in [0.25, 0.3) is 0 Å². The lowest BCUT2D eigenvalue weighted by molar-refractivity contribution is 0.241. The van der Waals surface area contributed by atoms with Gasteiger partial charge in [0.15, 0.2) is 0 Å². The van der Waals surface area contributed by atoms with Gasteiger partial charge in [0.05, 0.1) is 11.6 Å². The molecule has 0 unspecified atom stereocenters. The van der Waals surface area contributed by atoms with E-state index < -0.39 is 0 Å². The molecule has 110 valence electrons. The van der Waals surface area contributed by atoms with E-state index >= 15 is 0 Å². The quantitative estimate of drug-likeness (QED) is 0.903. The maximum Gasteiger partial charge on any atom is 0.137 e. The Labute approximate surface area is 130 Å². The number of nitrogens with two attached hydrogens (primary N) is 1. The fraction of sp³-hybridized carbons (Fsp3) is 0.647. The Morgan fingerprint density at radius 1 is 1.15 bits per heavy atom. The van der Waals surface area contributed by atoms with Gasteiger partial charge in [-0.3, -0.25) is 0 Å². The van der Waals surface area contributed by atoms with E-state index in [4.69, 9.17) is 10.5 Å². The van der Waals surface area contributed by atoms with Gasteiger partial charge in [-0.15, -0.1) is 0 Å². The van der Waals surface area contributed by atoms with Gasteiger partial charge in [0, 0.05) is 17.5 Å². The van der Waals surface area contributed by atoms with Crippen molar-refractivity contribution in [2.45, 2.75) is 57.3 Å². The van der Waals surface area contributed by atoms with E-state index in [1.807, 2.05) is 0 Å². The molecule has 2 aliphatic carbocycles. The summed E-state index contributed by atoms with van der Waals surface area (Å²) in [4.78, 5) is 0. The van der Waals surface area contributed by atoms with Crippen molar-refractivity contribution in [3.63, 3.8) is 0 Å². The van der Waals surface area contributed by atoms with Crippen LogP contribution in [-0.4, -0.2) is 13.7 Å². The van der Waals surface area contributed by atoms with E-state index in [0.717, 1.165) is 12.3 Å². The van der Waals surface area contributed by atoms with Crippen LogP contribution < -0.4 is 10.5 Å². The Kier molecular flexibility index (Phi) is 3.85. The monoisotopic (exact) mass is 337 g/mol. The largest absolute Gasteiger partial charge is 0.495 e. The second kappa shape index (κ2) is 5.34. The third kappa shape index (κ3) is 1.93. The van der Waals surface area contributed by atoms with Gasteiger partial charge < -0.3 is 10.5 Å². The minimum absolute atomic E-state index is 0.157. The van der Waals surface area contributed by atoms with Crippen LogP contribution in [0.3, 0.4) is 0 Å². The highest BCUT2D eigenvalue weighted by Crippen LogP contribution is 2.52. The Balaban J connectivity index is 2.25. The summed E-state index contributed by atoms with van der Waals surface area (Å²) in [5, 5.41) is 0. The van der Waals surface area contributed by atoms with Crippen LogP contribution >= 0.6 is 15.9 Å². The summed E-state index contributed by atoms with van der Waals surface area (Å²) in [6.45, 7) is 3.01. The molecule has 3 heteroatoms. The molecule has 1 aromatic rings. The van der Waals surface area contributed by atoms with Crippen LogP contribution in [0.4, 0.5) is 0 Å². The van der Waals surface area contributed by atoms with Gasteiger partial charge >= 0.3 is 0 Å². The van der Waals surface area contributed by atoms with Crippen molar-refractivity contribution in [2.75, 3.05) is 13.7 Å². The molecule has 2 nitrogen and oxygen atoms in total. The number of halogens is 1. The van der Waals surface area contributed by atoms with Crippen molar-refractivity contribution in [1.29, 1.82) is 0 Å². The number of fused-ring (bicyclic) bond motifs is 1. The number of hydrogen-bond acceptors (Lipinski definition) is 2. The van der Waals surface area contributed by atoms with Crippen molar-refractivity contribution in [2.24, 2.45) is 5.73 Å². The topological polar surface area (TPSA) is 35.2 Å². The Morgan fingerprint density at radius 3 is 2.30 bits per heavy atom. The van der Waals surface area contributed by atoms with Crippen LogP contribution in [0.1, 0.15) is 54.4 Å². The summed E-state index contributed by atoms with van der Waals surface area (Å²) in [7, 11) is 1.79. The van der Waals surface area contributed by atoms with E-state index in [9.17, 15) is 0 Å². The molecule has 0 spiro atoms. The number of hydrogen-bond donors (Lipinski definition) is 1. The fourth-order valence-electron chi connectivity index (χ4n) is 4.12. The summed E-state index contributed by atoms with van der Waals surface area (Å²) >= 11 is 3.82. The third-order valence-electron chi connectivity index (χ3n) is 5.42. The van der Waals surface area contributed by atoms with Crippen molar-refractivity contribution in [3.05, 3.63) is 26.7 Å². The van der Waals surface area contributed by atoms with E-state index in [0.29, 0.717) is 0 Å². The average Bonchev–Trinajstić information content (AvgIpc) is 2.44. The van der Waals surface area contributed by atoms with Gasteiger partial charge in [-0.05, 0) is 78.1 Å². The first-order chi connectivity index (χ1) is 9.64. The Bertz CT molecular complexity index is 529. The highest BCUT2D eigenvalue weighted by molar-refractivity contribution is 9.10. The molecular formula is C17H24BrNO. The molecule has 1 fully saturated rings. The molecule has 2 N–H and O–H groups in total. The van der Waals surface area contributed by atoms with E-state index in [1.165, 1.54) is 66.1 Å². The fourth-order valence-corrected chi connectivity index (χ4v) is 4.92. The van der Waals surface area contributed by atoms with Crippen LogP contribution in [0.5, 0.6) is 5.75 Å². The average molecular weight is 338 g/mol. The number of benzene rings is 1. The zero-order valence-corrected chi connectivity index (χ0v) is 14.1.